The van der Waals surface area contributed by atoms with Crippen LogP contribution >= 0.6 is 0 Å². The zero-order valence-corrected chi connectivity index (χ0v) is 10.2. The molecule has 1 atom stereocenters. The van der Waals surface area contributed by atoms with Crippen molar-refractivity contribution in [3.05, 3.63) is 24.3 Å². The summed E-state index contributed by atoms with van der Waals surface area (Å²) < 4.78 is 10.6. The van der Waals surface area contributed by atoms with Crippen molar-refractivity contribution in [2.75, 3.05) is 37.5 Å². The lowest BCUT2D eigenvalue weighted by molar-refractivity contribution is -0.121. The van der Waals surface area contributed by atoms with E-state index in [1.807, 2.05) is 0 Å². The zero-order chi connectivity index (χ0) is 12.8. The van der Waals surface area contributed by atoms with Gasteiger partial charge in [0, 0.05) is 23.9 Å². The van der Waals surface area contributed by atoms with Crippen molar-refractivity contribution in [1.82, 2.24) is 0 Å². The van der Waals surface area contributed by atoms with Gasteiger partial charge < -0.3 is 20.5 Å². The lowest BCUT2D eigenvalue weighted by Crippen LogP contribution is -2.20. The van der Waals surface area contributed by atoms with Gasteiger partial charge in [0.1, 0.15) is 6.61 Å². The number of hydrogen-bond donors (Lipinski definition) is 2. The fourth-order valence-corrected chi connectivity index (χ4v) is 1.80. The van der Waals surface area contributed by atoms with Crippen LogP contribution in [0, 0.1) is 5.92 Å². The molecular weight excluding hydrogens is 232 g/mol. The summed E-state index contributed by atoms with van der Waals surface area (Å²) in [6.07, 6.45) is 1.01. The molecule has 2 rings (SSSR count). The predicted molar refractivity (Wildman–Crippen MR) is 69.2 cm³/mol. The van der Waals surface area contributed by atoms with Crippen LogP contribution in [0.2, 0.25) is 0 Å². The maximum absolute atomic E-state index is 11.6. The average molecular weight is 250 g/mol. The molecule has 1 amide bonds. The Balaban J connectivity index is 1.66. The lowest BCUT2D eigenvalue weighted by atomic mass is 10.1. The van der Waals surface area contributed by atoms with Crippen molar-refractivity contribution in [2.45, 2.75) is 6.42 Å². The van der Waals surface area contributed by atoms with Crippen molar-refractivity contribution in [1.29, 1.82) is 0 Å². The normalized spacial score (nSPS) is 18.8. The topological polar surface area (TPSA) is 73.6 Å². The maximum atomic E-state index is 11.6. The zero-order valence-electron chi connectivity index (χ0n) is 10.2. The van der Waals surface area contributed by atoms with Gasteiger partial charge in [-0.3, -0.25) is 4.79 Å². The van der Waals surface area contributed by atoms with E-state index in [9.17, 15) is 4.79 Å². The van der Waals surface area contributed by atoms with Gasteiger partial charge in [-0.2, -0.15) is 0 Å². The molecule has 1 fully saturated rings. The highest BCUT2D eigenvalue weighted by atomic mass is 16.5. The second kappa shape index (κ2) is 6.37. The Morgan fingerprint density at radius 2 is 2.22 bits per heavy atom. The summed E-state index contributed by atoms with van der Waals surface area (Å²) in [6.45, 7) is 2.18. The standard InChI is InChI=1S/C13H18N2O3/c14-11-1-3-12(4-2-11)15-13(16)9-18-8-10-5-6-17-7-10/h1-4,10H,5-9,14H2,(H,15,16). The van der Waals surface area contributed by atoms with Crippen molar-refractivity contribution in [3.8, 4) is 0 Å². The molecular formula is C13H18N2O3. The van der Waals surface area contributed by atoms with Crippen LogP contribution in [0.1, 0.15) is 6.42 Å². The van der Waals surface area contributed by atoms with Gasteiger partial charge in [0.15, 0.2) is 0 Å². The van der Waals surface area contributed by atoms with Gasteiger partial charge in [-0.25, -0.2) is 0 Å². The highest BCUT2D eigenvalue weighted by Crippen LogP contribution is 2.13. The number of benzene rings is 1. The van der Waals surface area contributed by atoms with E-state index in [0.717, 1.165) is 25.3 Å². The van der Waals surface area contributed by atoms with E-state index in [4.69, 9.17) is 15.2 Å². The molecule has 0 radical (unpaired) electrons. The van der Waals surface area contributed by atoms with Crippen LogP contribution in [0.25, 0.3) is 0 Å². The van der Waals surface area contributed by atoms with E-state index in [1.165, 1.54) is 0 Å². The molecule has 1 aliphatic rings. The third-order valence-corrected chi connectivity index (χ3v) is 2.81. The number of nitrogen functional groups attached to an aromatic ring is 1. The summed E-state index contributed by atoms with van der Waals surface area (Å²) >= 11 is 0. The minimum Gasteiger partial charge on any atom is -0.399 e. The van der Waals surface area contributed by atoms with Crippen LogP contribution in [0.5, 0.6) is 0 Å². The molecule has 98 valence electrons. The number of hydrogen-bond acceptors (Lipinski definition) is 4. The predicted octanol–water partition coefficient (Wildman–Crippen LogP) is 1.26. The van der Waals surface area contributed by atoms with E-state index < -0.39 is 0 Å². The number of anilines is 2. The third kappa shape index (κ3) is 4.01. The molecule has 1 unspecified atom stereocenters. The van der Waals surface area contributed by atoms with Gasteiger partial charge in [0.2, 0.25) is 5.91 Å². The largest absolute Gasteiger partial charge is 0.399 e. The summed E-state index contributed by atoms with van der Waals surface area (Å²) in [5, 5.41) is 2.74. The Hall–Kier alpha value is -1.59. The number of carbonyl (C=O) groups excluding carboxylic acids is 1. The number of rotatable bonds is 5. The Kier molecular flexibility index (Phi) is 4.55. The number of carbonyl (C=O) groups is 1. The molecule has 0 aromatic heterocycles. The minimum atomic E-state index is -0.154. The summed E-state index contributed by atoms with van der Waals surface area (Å²) in [5.74, 6) is 0.271. The van der Waals surface area contributed by atoms with Gasteiger partial charge in [-0.15, -0.1) is 0 Å². The van der Waals surface area contributed by atoms with Crippen LogP contribution < -0.4 is 11.1 Å². The maximum Gasteiger partial charge on any atom is 0.250 e. The Labute approximate surface area is 106 Å². The first-order chi connectivity index (χ1) is 8.74. The van der Waals surface area contributed by atoms with E-state index in [-0.39, 0.29) is 12.5 Å². The first-order valence-corrected chi connectivity index (χ1v) is 6.05. The van der Waals surface area contributed by atoms with Crippen molar-refractivity contribution < 1.29 is 14.3 Å². The summed E-state index contributed by atoms with van der Waals surface area (Å²) in [6, 6.07) is 7.01. The summed E-state index contributed by atoms with van der Waals surface area (Å²) in [7, 11) is 0. The van der Waals surface area contributed by atoms with Gasteiger partial charge in [0.05, 0.1) is 13.2 Å². The average Bonchev–Trinajstić information content (AvgIpc) is 2.85. The fraction of sp³-hybridized carbons (Fsp3) is 0.462. The van der Waals surface area contributed by atoms with Crippen LogP contribution in [0.3, 0.4) is 0 Å². The van der Waals surface area contributed by atoms with Crippen LogP contribution in [0.4, 0.5) is 11.4 Å². The van der Waals surface area contributed by atoms with E-state index in [1.54, 1.807) is 24.3 Å². The van der Waals surface area contributed by atoms with Crippen molar-refractivity contribution in [3.63, 3.8) is 0 Å². The Morgan fingerprint density at radius 3 is 2.89 bits per heavy atom. The summed E-state index contributed by atoms with van der Waals surface area (Å²) in [4.78, 5) is 11.6. The van der Waals surface area contributed by atoms with Crippen molar-refractivity contribution in [2.24, 2.45) is 5.92 Å². The smallest absolute Gasteiger partial charge is 0.250 e. The number of ether oxygens (including phenoxy) is 2. The molecule has 1 heterocycles. The first-order valence-electron chi connectivity index (χ1n) is 6.05. The Bertz CT molecular complexity index is 386. The molecule has 1 aromatic rings. The van der Waals surface area contributed by atoms with Crippen molar-refractivity contribution >= 4 is 17.3 Å². The quantitative estimate of drug-likeness (QED) is 0.772. The molecule has 1 saturated heterocycles. The minimum absolute atomic E-state index is 0.0703. The SMILES string of the molecule is Nc1ccc(NC(=O)COCC2CCOC2)cc1. The molecule has 0 spiro atoms. The van der Waals surface area contributed by atoms with Gasteiger partial charge in [-0.1, -0.05) is 0 Å². The first kappa shape index (κ1) is 12.9. The molecule has 3 N–H and O–H groups in total. The van der Waals surface area contributed by atoms with Gasteiger partial charge in [0.25, 0.3) is 0 Å². The molecule has 0 bridgehead atoms. The van der Waals surface area contributed by atoms with Crippen LogP contribution in [-0.4, -0.2) is 32.3 Å². The highest BCUT2D eigenvalue weighted by molar-refractivity contribution is 5.91. The molecule has 0 aliphatic carbocycles. The second-order valence-electron chi connectivity index (χ2n) is 4.41. The fourth-order valence-electron chi connectivity index (χ4n) is 1.80. The van der Waals surface area contributed by atoms with Gasteiger partial charge in [-0.05, 0) is 30.7 Å². The van der Waals surface area contributed by atoms with Gasteiger partial charge >= 0.3 is 0 Å². The van der Waals surface area contributed by atoms with E-state index in [2.05, 4.69) is 5.32 Å². The lowest BCUT2D eigenvalue weighted by Gasteiger charge is -2.09. The summed E-state index contributed by atoms with van der Waals surface area (Å²) in [5.41, 5.74) is 6.95. The molecule has 5 nitrogen and oxygen atoms in total. The number of nitrogens with one attached hydrogen (secondary N) is 1. The van der Waals surface area contributed by atoms with Crippen LogP contribution in [0.15, 0.2) is 24.3 Å². The Morgan fingerprint density at radius 1 is 1.44 bits per heavy atom. The monoisotopic (exact) mass is 250 g/mol. The van der Waals surface area contributed by atoms with E-state index in [0.29, 0.717) is 18.2 Å². The molecule has 5 heteroatoms. The highest BCUT2D eigenvalue weighted by Gasteiger charge is 2.16. The molecule has 1 aliphatic heterocycles. The molecule has 18 heavy (non-hydrogen) atoms. The molecule has 1 aromatic carbocycles. The molecule has 0 saturated carbocycles. The third-order valence-electron chi connectivity index (χ3n) is 2.81. The number of nitrogens with two attached hydrogens (primary N) is 1. The van der Waals surface area contributed by atoms with Crippen LogP contribution in [-0.2, 0) is 14.3 Å². The number of amides is 1. The second-order valence-corrected chi connectivity index (χ2v) is 4.41. The van der Waals surface area contributed by atoms with E-state index >= 15 is 0 Å².